The fourth-order valence-corrected chi connectivity index (χ4v) is 3.54. The SMILES string of the molecule is CCOc1cc([C@H](CC)n2c(=O)n(C)c3cc(Cl)ccc32)ccc1OC. The zero-order valence-corrected chi connectivity index (χ0v) is 16.2. The summed E-state index contributed by atoms with van der Waals surface area (Å²) in [5.41, 5.74) is 2.62. The van der Waals surface area contributed by atoms with Crippen molar-refractivity contribution >= 4 is 22.6 Å². The highest BCUT2D eigenvalue weighted by molar-refractivity contribution is 6.31. The molecule has 1 aromatic heterocycles. The van der Waals surface area contributed by atoms with Gasteiger partial charge in [0.05, 0.1) is 30.8 Å². The highest BCUT2D eigenvalue weighted by Gasteiger charge is 2.21. The second-order valence-electron chi connectivity index (χ2n) is 6.11. The Morgan fingerprint density at radius 1 is 1.08 bits per heavy atom. The van der Waals surface area contributed by atoms with E-state index in [1.54, 1.807) is 18.7 Å². The van der Waals surface area contributed by atoms with Crippen LogP contribution < -0.4 is 15.2 Å². The molecule has 5 nitrogen and oxygen atoms in total. The Bertz CT molecular complexity index is 991. The first kappa shape index (κ1) is 18.4. The van der Waals surface area contributed by atoms with Crippen molar-refractivity contribution in [2.75, 3.05) is 13.7 Å². The van der Waals surface area contributed by atoms with Crippen molar-refractivity contribution in [2.45, 2.75) is 26.3 Å². The van der Waals surface area contributed by atoms with Crippen LogP contribution in [0.1, 0.15) is 31.9 Å². The number of rotatable bonds is 6. The lowest BCUT2D eigenvalue weighted by atomic mass is 10.0. The first-order chi connectivity index (χ1) is 12.5. The van der Waals surface area contributed by atoms with Gasteiger partial charge in [-0.1, -0.05) is 24.6 Å². The van der Waals surface area contributed by atoms with Crippen LogP contribution in [0.4, 0.5) is 0 Å². The van der Waals surface area contributed by atoms with Gasteiger partial charge in [-0.05, 0) is 49.2 Å². The monoisotopic (exact) mass is 374 g/mol. The van der Waals surface area contributed by atoms with Gasteiger partial charge in [-0.3, -0.25) is 9.13 Å². The Kier molecular flexibility index (Phi) is 5.28. The standard InChI is InChI=1S/C20H23ClN2O3/c1-5-15(13-7-10-18(25-4)19(11-13)26-6-2)23-16-9-8-14(21)12-17(16)22(3)20(23)24/h7-12,15H,5-6H2,1-4H3/t15-/m0/s1. The second kappa shape index (κ2) is 7.46. The summed E-state index contributed by atoms with van der Waals surface area (Å²) in [5, 5.41) is 0.612. The molecule has 6 heteroatoms. The van der Waals surface area contributed by atoms with Crippen LogP contribution in [0.5, 0.6) is 11.5 Å². The molecule has 0 saturated carbocycles. The van der Waals surface area contributed by atoms with E-state index in [4.69, 9.17) is 21.1 Å². The molecule has 0 unspecified atom stereocenters. The smallest absolute Gasteiger partial charge is 0.329 e. The van der Waals surface area contributed by atoms with Gasteiger partial charge < -0.3 is 9.47 Å². The number of aryl methyl sites for hydroxylation is 1. The maximum Gasteiger partial charge on any atom is 0.329 e. The van der Waals surface area contributed by atoms with E-state index in [0.29, 0.717) is 23.1 Å². The molecule has 3 rings (SSSR count). The number of fused-ring (bicyclic) bond motifs is 1. The summed E-state index contributed by atoms with van der Waals surface area (Å²) in [7, 11) is 3.39. The van der Waals surface area contributed by atoms with E-state index >= 15 is 0 Å². The Morgan fingerprint density at radius 2 is 1.85 bits per heavy atom. The van der Waals surface area contributed by atoms with Crippen molar-refractivity contribution in [1.29, 1.82) is 0 Å². The van der Waals surface area contributed by atoms with Crippen molar-refractivity contribution in [3.8, 4) is 11.5 Å². The lowest BCUT2D eigenvalue weighted by Gasteiger charge is -2.19. The van der Waals surface area contributed by atoms with Crippen LogP contribution >= 0.6 is 11.6 Å². The van der Waals surface area contributed by atoms with E-state index < -0.39 is 0 Å². The minimum absolute atomic E-state index is 0.0668. The summed E-state index contributed by atoms with van der Waals surface area (Å²) >= 11 is 6.12. The number of aromatic nitrogens is 2. The lowest BCUT2D eigenvalue weighted by Crippen LogP contribution is -2.26. The lowest BCUT2D eigenvalue weighted by molar-refractivity contribution is 0.310. The number of ether oxygens (including phenoxy) is 2. The van der Waals surface area contributed by atoms with Gasteiger partial charge in [0, 0.05) is 12.1 Å². The Labute approximate surface area is 157 Å². The third-order valence-corrected chi connectivity index (χ3v) is 4.86. The largest absolute Gasteiger partial charge is 0.493 e. The number of halogens is 1. The molecule has 138 valence electrons. The molecule has 0 bridgehead atoms. The van der Waals surface area contributed by atoms with Crippen LogP contribution in [0.3, 0.4) is 0 Å². The van der Waals surface area contributed by atoms with Crippen LogP contribution in [0, 0.1) is 0 Å². The third-order valence-electron chi connectivity index (χ3n) is 4.62. The van der Waals surface area contributed by atoms with Gasteiger partial charge >= 0.3 is 5.69 Å². The number of benzene rings is 2. The van der Waals surface area contributed by atoms with Gasteiger partial charge in [0.2, 0.25) is 0 Å². The highest BCUT2D eigenvalue weighted by Crippen LogP contribution is 2.33. The Balaban J connectivity index is 2.19. The molecule has 0 aliphatic heterocycles. The molecule has 1 heterocycles. The molecule has 1 atom stereocenters. The van der Waals surface area contributed by atoms with Crippen LogP contribution in [0.2, 0.25) is 5.02 Å². The Morgan fingerprint density at radius 3 is 2.50 bits per heavy atom. The first-order valence-electron chi connectivity index (χ1n) is 8.69. The summed E-state index contributed by atoms with van der Waals surface area (Å²) in [5.74, 6) is 1.37. The van der Waals surface area contributed by atoms with E-state index in [-0.39, 0.29) is 11.7 Å². The minimum Gasteiger partial charge on any atom is -0.493 e. The fraction of sp³-hybridized carbons (Fsp3) is 0.350. The van der Waals surface area contributed by atoms with Crippen molar-refractivity contribution in [1.82, 2.24) is 9.13 Å². The second-order valence-corrected chi connectivity index (χ2v) is 6.55. The number of hydrogen-bond acceptors (Lipinski definition) is 3. The number of nitrogens with zero attached hydrogens (tertiary/aromatic N) is 2. The average molecular weight is 375 g/mol. The first-order valence-corrected chi connectivity index (χ1v) is 9.06. The molecule has 0 radical (unpaired) electrons. The summed E-state index contributed by atoms with van der Waals surface area (Å²) in [6.45, 7) is 4.54. The van der Waals surface area contributed by atoms with E-state index in [1.165, 1.54) is 0 Å². The zero-order chi connectivity index (χ0) is 18.8. The normalized spacial score (nSPS) is 12.3. The molecule has 0 aliphatic carbocycles. The molecule has 0 spiro atoms. The van der Waals surface area contributed by atoms with Crippen LogP contribution in [0.15, 0.2) is 41.2 Å². The molecule has 26 heavy (non-hydrogen) atoms. The number of methoxy groups -OCH3 is 1. The predicted molar refractivity (Wildman–Crippen MR) is 105 cm³/mol. The Hall–Kier alpha value is -2.40. The van der Waals surface area contributed by atoms with Gasteiger partial charge in [-0.2, -0.15) is 0 Å². The molecular weight excluding hydrogens is 352 g/mol. The highest BCUT2D eigenvalue weighted by atomic mass is 35.5. The van der Waals surface area contributed by atoms with Crippen molar-refractivity contribution in [2.24, 2.45) is 7.05 Å². The van der Waals surface area contributed by atoms with Crippen LogP contribution in [-0.4, -0.2) is 22.9 Å². The summed E-state index contributed by atoms with van der Waals surface area (Å²) in [4.78, 5) is 12.9. The molecule has 2 aromatic carbocycles. The molecular formula is C20H23ClN2O3. The van der Waals surface area contributed by atoms with Crippen LogP contribution in [-0.2, 0) is 7.05 Å². The fourth-order valence-electron chi connectivity index (χ4n) is 3.37. The molecule has 0 fully saturated rings. The van der Waals surface area contributed by atoms with Gasteiger partial charge in [-0.25, -0.2) is 4.79 Å². The van der Waals surface area contributed by atoms with Gasteiger partial charge in [0.15, 0.2) is 11.5 Å². The van der Waals surface area contributed by atoms with Gasteiger partial charge in [0.25, 0.3) is 0 Å². The third kappa shape index (κ3) is 3.07. The molecule has 0 amide bonds. The maximum atomic E-state index is 12.9. The predicted octanol–water partition coefficient (Wildman–Crippen LogP) is 4.40. The van der Waals surface area contributed by atoms with Crippen molar-refractivity contribution < 1.29 is 9.47 Å². The summed E-state index contributed by atoms with van der Waals surface area (Å²) < 4.78 is 14.5. The zero-order valence-electron chi connectivity index (χ0n) is 15.5. The number of imidazole rings is 1. The van der Waals surface area contributed by atoms with E-state index in [1.807, 2.05) is 47.9 Å². The topological polar surface area (TPSA) is 45.4 Å². The van der Waals surface area contributed by atoms with Gasteiger partial charge in [-0.15, -0.1) is 0 Å². The maximum absolute atomic E-state index is 12.9. The molecule has 3 aromatic rings. The molecule has 0 aliphatic rings. The summed E-state index contributed by atoms with van der Waals surface area (Å²) in [6.07, 6.45) is 0.763. The van der Waals surface area contributed by atoms with Crippen molar-refractivity contribution in [3.63, 3.8) is 0 Å². The van der Waals surface area contributed by atoms with Gasteiger partial charge in [0.1, 0.15) is 0 Å². The van der Waals surface area contributed by atoms with Crippen molar-refractivity contribution in [3.05, 3.63) is 57.5 Å². The minimum atomic E-state index is -0.113. The quantitative estimate of drug-likeness (QED) is 0.642. The summed E-state index contributed by atoms with van der Waals surface area (Å²) in [6, 6.07) is 11.2. The number of hydrogen-bond donors (Lipinski definition) is 0. The van der Waals surface area contributed by atoms with E-state index in [2.05, 4.69) is 6.92 Å². The molecule has 0 saturated heterocycles. The molecule has 0 N–H and O–H groups in total. The van der Waals surface area contributed by atoms with E-state index in [0.717, 1.165) is 23.0 Å². The van der Waals surface area contributed by atoms with Crippen LogP contribution in [0.25, 0.3) is 11.0 Å². The average Bonchev–Trinajstić information content (AvgIpc) is 2.88. The van der Waals surface area contributed by atoms with E-state index in [9.17, 15) is 4.79 Å².